The first kappa shape index (κ1) is 12.2. The number of aromatic nitrogens is 3. The number of para-hydroxylation sites is 1. The van der Waals surface area contributed by atoms with Gasteiger partial charge in [-0.1, -0.05) is 18.2 Å². The minimum Gasteiger partial charge on any atom is -0.362 e. The molecular weight excluding hydrogens is 238 g/mol. The SMILES string of the molecule is CC1CN(Cc2nncn2C)c2ccccc2CN1. The van der Waals surface area contributed by atoms with Gasteiger partial charge >= 0.3 is 0 Å². The molecule has 0 saturated heterocycles. The average Bonchev–Trinajstić information content (AvgIpc) is 2.73. The van der Waals surface area contributed by atoms with Gasteiger partial charge in [0.2, 0.25) is 0 Å². The van der Waals surface area contributed by atoms with E-state index in [1.165, 1.54) is 11.3 Å². The summed E-state index contributed by atoms with van der Waals surface area (Å²) in [4.78, 5) is 2.38. The molecule has 0 fully saturated rings. The zero-order valence-electron chi connectivity index (χ0n) is 11.4. The first-order valence-corrected chi connectivity index (χ1v) is 6.63. The van der Waals surface area contributed by atoms with Crippen LogP contribution in [0.4, 0.5) is 5.69 Å². The van der Waals surface area contributed by atoms with E-state index in [-0.39, 0.29) is 0 Å². The van der Waals surface area contributed by atoms with Crippen LogP contribution >= 0.6 is 0 Å². The molecule has 0 bridgehead atoms. The summed E-state index contributed by atoms with van der Waals surface area (Å²) in [7, 11) is 1.99. The van der Waals surface area contributed by atoms with E-state index in [9.17, 15) is 0 Å². The van der Waals surface area contributed by atoms with E-state index in [2.05, 4.69) is 51.6 Å². The van der Waals surface area contributed by atoms with Crippen molar-refractivity contribution in [3.8, 4) is 0 Å². The lowest BCUT2D eigenvalue weighted by Gasteiger charge is -2.25. The van der Waals surface area contributed by atoms with E-state index >= 15 is 0 Å². The summed E-state index contributed by atoms with van der Waals surface area (Å²) >= 11 is 0. The molecule has 1 aliphatic heterocycles. The summed E-state index contributed by atoms with van der Waals surface area (Å²) < 4.78 is 1.98. The molecular formula is C14H19N5. The molecule has 1 aromatic heterocycles. The van der Waals surface area contributed by atoms with Gasteiger partial charge in [-0.2, -0.15) is 0 Å². The van der Waals surface area contributed by atoms with Crippen molar-refractivity contribution in [3.05, 3.63) is 42.0 Å². The molecule has 0 saturated carbocycles. The Morgan fingerprint density at radius 3 is 3.00 bits per heavy atom. The predicted octanol–water partition coefficient (Wildman–Crippen LogP) is 1.31. The van der Waals surface area contributed by atoms with E-state index in [1.54, 1.807) is 6.33 Å². The monoisotopic (exact) mass is 257 g/mol. The molecule has 5 nitrogen and oxygen atoms in total. The maximum atomic E-state index is 4.19. The van der Waals surface area contributed by atoms with Crippen molar-refractivity contribution >= 4 is 5.69 Å². The number of hydrogen-bond donors (Lipinski definition) is 1. The lowest BCUT2D eigenvalue weighted by atomic mass is 10.1. The molecule has 1 atom stereocenters. The summed E-state index contributed by atoms with van der Waals surface area (Å²) in [5.74, 6) is 0.990. The average molecular weight is 257 g/mol. The maximum absolute atomic E-state index is 4.19. The van der Waals surface area contributed by atoms with Crippen molar-refractivity contribution in [2.24, 2.45) is 7.05 Å². The molecule has 0 spiro atoms. The van der Waals surface area contributed by atoms with Gasteiger partial charge in [-0.3, -0.25) is 0 Å². The number of nitrogens with one attached hydrogen (secondary N) is 1. The summed E-state index contributed by atoms with van der Waals surface area (Å²) in [6.45, 7) is 4.91. The van der Waals surface area contributed by atoms with Crippen LogP contribution in [-0.4, -0.2) is 27.4 Å². The van der Waals surface area contributed by atoms with Crippen molar-refractivity contribution in [2.75, 3.05) is 11.4 Å². The summed E-state index contributed by atoms with van der Waals surface area (Å²) in [6.07, 6.45) is 1.75. The van der Waals surface area contributed by atoms with E-state index in [0.717, 1.165) is 25.5 Å². The summed E-state index contributed by atoms with van der Waals surface area (Å²) in [5, 5.41) is 11.7. The van der Waals surface area contributed by atoms with Crippen LogP contribution in [0.2, 0.25) is 0 Å². The second-order valence-electron chi connectivity index (χ2n) is 5.15. The van der Waals surface area contributed by atoms with Gasteiger partial charge in [0.05, 0.1) is 6.54 Å². The third kappa shape index (κ3) is 2.46. The molecule has 0 radical (unpaired) electrons. The number of anilines is 1. The molecule has 0 amide bonds. The highest BCUT2D eigenvalue weighted by molar-refractivity contribution is 5.54. The van der Waals surface area contributed by atoms with Gasteiger partial charge in [-0.05, 0) is 18.6 Å². The fourth-order valence-electron chi connectivity index (χ4n) is 2.52. The fourth-order valence-corrected chi connectivity index (χ4v) is 2.52. The molecule has 1 aromatic carbocycles. The van der Waals surface area contributed by atoms with Crippen LogP contribution in [0.5, 0.6) is 0 Å². The highest BCUT2D eigenvalue weighted by Crippen LogP contribution is 2.24. The minimum atomic E-state index is 0.459. The Morgan fingerprint density at radius 1 is 1.37 bits per heavy atom. The van der Waals surface area contributed by atoms with E-state index in [4.69, 9.17) is 0 Å². The number of nitrogens with zero attached hydrogens (tertiary/aromatic N) is 4. The molecule has 0 aliphatic carbocycles. The van der Waals surface area contributed by atoms with Crippen LogP contribution < -0.4 is 10.2 Å². The van der Waals surface area contributed by atoms with E-state index in [0.29, 0.717) is 6.04 Å². The fraction of sp³-hybridized carbons (Fsp3) is 0.429. The molecule has 19 heavy (non-hydrogen) atoms. The third-order valence-electron chi connectivity index (χ3n) is 3.60. The highest BCUT2D eigenvalue weighted by Gasteiger charge is 2.19. The standard InChI is InChI=1S/C14H19N5/c1-11-8-19(9-14-17-16-10-18(14)2)13-6-4-3-5-12(13)7-15-11/h3-6,10-11,15H,7-9H2,1-2H3. The lowest BCUT2D eigenvalue weighted by molar-refractivity contribution is 0.547. The van der Waals surface area contributed by atoms with E-state index in [1.807, 2.05) is 11.6 Å². The molecule has 1 aliphatic rings. The van der Waals surface area contributed by atoms with Gasteiger partial charge in [0.15, 0.2) is 5.82 Å². The number of aryl methyl sites for hydroxylation is 1. The zero-order chi connectivity index (χ0) is 13.2. The Hall–Kier alpha value is -1.88. The molecule has 5 heteroatoms. The summed E-state index contributed by atoms with van der Waals surface area (Å²) in [5.41, 5.74) is 2.64. The van der Waals surface area contributed by atoms with Gasteiger partial charge in [-0.25, -0.2) is 0 Å². The second kappa shape index (κ2) is 5.01. The smallest absolute Gasteiger partial charge is 0.152 e. The number of benzene rings is 1. The predicted molar refractivity (Wildman–Crippen MR) is 74.8 cm³/mol. The quantitative estimate of drug-likeness (QED) is 0.881. The Bertz CT molecular complexity index is 562. The van der Waals surface area contributed by atoms with Crippen LogP contribution in [-0.2, 0) is 20.1 Å². The van der Waals surface area contributed by atoms with Gasteiger partial charge in [0.25, 0.3) is 0 Å². The van der Waals surface area contributed by atoms with Gasteiger partial charge in [0.1, 0.15) is 6.33 Å². The molecule has 2 heterocycles. The third-order valence-corrected chi connectivity index (χ3v) is 3.60. The lowest BCUT2D eigenvalue weighted by Crippen LogP contribution is -2.36. The van der Waals surface area contributed by atoms with Crippen molar-refractivity contribution in [1.29, 1.82) is 0 Å². The van der Waals surface area contributed by atoms with Crippen LogP contribution in [0, 0.1) is 0 Å². The van der Waals surface area contributed by atoms with Crippen molar-refractivity contribution in [1.82, 2.24) is 20.1 Å². The van der Waals surface area contributed by atoms with Crippen molar-refractivity contribution in [2.45, 2.75) is 26.1 Å². The van der Waals surface area contributed by atoms with Gasteiger partial charge in [-0.15, -0.1) is 10.2 Å². The van der Waals surface area contributed by atoms with E-state index < -0.39 is 0 Å². The molecule has 2 aromatic rings. The molecule has 1 unspecified atom stereocenters. The Balaban J connectivity index is 1.92. The largest absolute Gasteiger partial charge is 0.362 e. The van der Waals surface area contributed by atoms with Crippen molar-refractivity contribution < 1.29 is 0 Å². The van der Waals surface area contributed by atoms with Crippen LogP contribution in [0.3, 0.4) is 0 Å². The van der Waals surface area contributed by atoms with Crippen LogP contribution in [0.15, 0.2) is 30.6 Å². The normalized spacial score (nSPS) is 19.1. The van der Waals surface area contributed by atoms with Crippen LogP contribution in [0.1, 0.15) is 18.3 Å². The first-order chi connectivity index (χ1) is 9.24. The molecule has 3 rings (SSSR count). The van der Waals surface area contributed by atoms with Crippen molar-refractivity contribution in [3.63, 3.8) is 0 Å². The maximum Gasteiger partial charge on any atom is 0.152 e. The second-order valence-corrected chi connectivity index (χ2v) is 5.15. The number of fused-ring (bicyclic) bond motifs is 1. The minimum absolute atomic E-state index is 0.459. The Labute approximate surface area is 113 Å². The van der Waals surface area contributed by atoms with Gasteiger partial charge < -0.3 is 14.8 Å². The Kier molecular flexibility index (Phi) is 3.21. The first-order valence-electron chi connectivity index (χ1n) is 6.63. The topological polar surface area (TPSA) is 46.0 Å². The Morgan fingerprint density at radius 2 is 2.21 bits per heavy atom. The van der Waals surface area contributed by atoms with Gasteiger partial charge in [0, 0.05) is 31.9 Å². The van der Waals surface area contributed by atoms with Crippen LogP contribution in [0.25, 0.3) is 0 Å². The molecule has 100 valence electrons. The highest BCUT2D eigenvalue weighted by atomic mass is 15.3. The zero-order valence-corrected chi connectivity index (χ0v) is 11.4. The molecule has 1 N–H and O–H groups in total. The number of hydrogen-bond acceptors (Lipinski definition) is 4. The number of rotatable bonds is 2. The summed E-state index contributed by atoms with van der Waals surface area (Å²) in [6, 6.07) is 9.02.